The molecule has 158 valence electrons. The van der Waals surface area contributed by atoms with Crippen molar-refractivity contribution in [2.45, 2.75) is 38.9 Å². The van der Waals surface area contributed by atoms with Crippen LogP contribution >= 0.6 is 0 Å². The molecule has 0 fully saturated rings. The lowest BCUT2D eigenvalue weighted by Crippen LogP contribution is -2.46. The van der Waals surface area contributed by atoms with Gasteiger partial charge in [0.25, 0.3) is 0 Å². The number of amidine groups is 1. The molecule has 0 bridgehead atoms. The molecule has 2 atom stereocenters. The summed E-state index contributed by atoms with van der Waals surface area (Å²) >= 11 is 0. The number of aliphatic imine (C=N–C) groups is 2. The van der Waals surface area contributed by atoms with Crippen LogP contribution in [0, 0.1) is 0 Å². The van der Waals surface area contributed by atoms with E-state index in [9.17, 15) is 4.79 Å². The average molecular weight is 408 g/mol. The van der Waals surface area contributed by atoms with Gasteiger partial charge in [-0.25, -0.2) is 0 Å². The fourth-order valence-corrected chi connectivity index (χ4v) is 4.20. The van der Waals surface area contributed by atoms with E-state index in [1.165, 1.54) is 0 Å². The van der Waals surface area contributed by atoms with Gasteiger partial charge in [0, 0.05) is 37.0 Å². The lowest BCUT2D eigenvalue weighted by Gasteiger charge is -2.39. The van der Waals surface area contributed by atoms with Gasteiger partial charge in [-0.1, -0.05) is 6.07 Å². The van der Waals surface area contributed by atoms with Crippen molar-refractivity contribution in [2.24, 2.45) is 9.98 Å². The number of fused-ring (bicyclic) bond motifs is 1. The highest BCUT2D eigenvalue weighted by Crippen LogP contribution is 2.39. The fourth-order valence-electron chi connectivity index (χ4n) is 4.20. The second-order valence-corrected chi connectivity index (χ2v) is 7.84. The van der Waals surface area contributed by atoms with E-state index in [1.54, 1.807) is 13.1 Å². The molecule has 1 amide bonds. The monoisotopic (exact) mass is 407 g/mol. The number of rotatable bonds is 5. The van der Waals surface area contributed by atoms with Gasteiger partial charge in [-0.05, 0) is 43.7 Å². The van der Waals surface area contributed by atoms with E-state index >= 15 is 0 Å². The summed E-state index contributed by atoms with van der Waals surface area (Å²) in [5.74, 6) is 0.873. The minimum absolute atomic E-state index is 0.0615. The number of benzene rings is 1. The molecule has 1 aromatic carbocycles. The Hall–Kier alpha value is -3.00. The molecule has 8 heteroatoms. The Balaban J connectivity index is 1.69. The molecule has 2 aliphatic heterocycles. The first-order valence-electron chi connectivity index (χ1n) is 10.5. The second kappa shape index (κ2) is 8.79. The Kier molecular flexibility index (Phi) is 5.94. The summed E-state index contributed by atoms with van der Waals surface area (Å²) in [7, 11) is 1.93. The SMILES string of the molecule is CNCCn1cc(-c2ccc3c(c2)[C@H](NC2=NCCN=C2)C[C@H](C)N3C(C)=O)cn1. The zero-order chi connectivity index (χ0) is 21.1. The zero-order valence-corrected chi connectivity index (χ0v) is 17.8. The number of likely N-dealkylation sites (N-methyl/N-ethyl adjacent to an activating group) is 1. The molecule has 2 N–H and O–H groups in total. The normalized spacial score (nSPS) is 20.6. The van der Waals surface area contributed by atoms with Gasteiger partial charge in [0.2, 0.25) is 5.91 Å². The van der Waals surface area contributed by atoms with Crippen molar-refractivity contribution in [3.8, 4) is 11.1 Å². The quantitative estimate of drug-likeness (QED) is 0.794. The Morgan fingerprint density at radius 3 is 2.87 bits per heavy atom. The summed E-state index contributed by atoms with van der Waals surface area (Å²) in [5.41, 5.74) is 4.22. The van der Waals surface area contributed by atoms with Crippen LogP contribution < -0.4 is 15.5 Å². The second-order valence-electron chi connectivity index (χ2n) is 7.84. The van der Waals surface area contributed by atoms with Gasteiger partial charge in [0.15, 0.2) is 0 Å². The Labute approximate surface area is 177 Å². The highest BCUT2D eigenvalue weighted by molar-refractivity contribution is 6.29. The molecule has 0 radical (unpaired) electrons. The highest BCUT2D eigenvalue weighted by Gasteiger charge is 2.33. The minimum atomic E-state index is 0.0615. The minimum Gasteiger partial charge on any atom is -0.362 e. The van der Waals surface area contributed by atoms with Crippen molar-refractivity contribution in [1.29, 1.82) is 0 Å². The zero-order valence-electron chi connectivity index (χ0n) is 17.8. The smallest absolute Gasteiger partial charge is 0.224 e. The van der Waals surface area contributed by atoms with Gasteiger partial charge >= 0.3 is 0 Å². The Morgan fingerprint density at radius 1 is 1.27 bits per heavy atom. The van der Waals surface area contributed by atoms with Crippen molar-refractivity contribution in [3.05, 3.63) is 36.2 Å². The first kappa shape index (κ1) is 20.3. The van der Waals surface area contributed by atoms with E-state index in [4.69, 9.17) is 0 Å². The average Bonchev–Trinajstić information content (AvgIpc) is 3.21. The van der Waals surface area contributed by atoms with Crippen LogP contribution in [0.4, 0.5) is 5.69 Å². The van der Waals surface area contributed by atoms with E-state index < -0.39 is 0 Å². The van der Waals surface area contributed by atoms with Gasteiger partial charge in [-0.15, -0.1) is 0 Å². The number of amides is 1. The van der Waals surface area contributed by atoms with Crippen LogP contribution in [-0.4, -0.2) is 60.5 Å². The van der Waals surface area contributed by atoms with E-state index in [-0.39, 0.29) is 18.0 Å². The summed E-state index contributed by atoms with van der Waals surface area (Å²) in [6, 6.07) is 6.47. The van der Waals surface area contributed by atoms with Crippen LogP contribution in [0.15, 0.2) is 40.6 Å². The third-order valence-electron chi connectivity index (χ3n) is 5.62. The topological polar surface area (TPSA) is 86.9 Å². The maximum Gasteiger partial charge on any atom is 0.224 e. The van der Waals surface area contributed by atoms with Crippen molar-refractivity contribution >= 4 is 23.6 Å². The number of nitrogens with one attached hydrogen (secondary N) is 2. The van der Waals surface area contributed by atoms with Crippen molar-refractivity contribution in [2.75, 3.05) is 31.6 Å². The number of anilines is 1. The first-order valence-corrected chi connectivity index (χ1v) is 10.5. The molecular formula is C22H29N7O. The number of carbonyl (C=O) groups is 1. The summed E-state index contributed by atoms with van der Waals surface area (Å²) in [6.07, 6.45) is 6.57. The third kappa shape index (κ3) is 4.14. The number of aromatic nitrogens is 2. The Morgan fingerprint density at radius 2 is 2.13 bits per heavy atom. The van der Waals surface area contributed by atoms with E-state index in [0.717, 1.165) is 54.3 Å². The van der Waals surface area contributed by atoms with Crippen molar-refractivity contribution in [1.82, 2.24) is 20.4 Å². The molecule has 30 heavy (non-hydrogen) atoms. The van der Waals surface area contributed by atoms with Gasteiger partial charge < -0.3 is 15.5 Å². The summed E-state index contributed by atoms with van der Waals surface area (Å²) in [5, 5.41) is 11.2. The predicted molar refractivity (Wildman–Crippen MR) is 120 cm³/mol. The molecule has 3 heterocycles. The molecular weight excluding hydrogens is 378 g/mol. The van der Waals surface area contributed by atoms with Crippen LogP contribution in [0.3, 0.4) is 0 Å². The van der Waals surface area contributed by atoms with Gasteiger partial charge in [-0.2, -0.15) is 5.10 Å². The summed E-state index contributed by atoms with van der Waals surface area (Å²) < 4.78 is 1.94. The third-order valence-corrected chi connectivity index (χ3v) is 5.62. The fraction of sp³-hybridized carbons (Fsp3) is 0.455. The predicted octanol–water partition coefficient (Wildman–Crippen LogP) is 2.03. The largest absolute Gasteiger partial charge is 0.362 e. The van der Waals surface area contributed by atoms with Gasteiger partial charge in [-0.3, -0.25) is 19.5 Å². The number of hydrogen-bond acceptors (Lipinski definition) is 6. The highest BCUT2D eigenvalue weighted by atomic mass is 16.2. The number of hydrogen-bond donors (Lipinski definition) is 2. The molecule has 0 aliphatic carbocycles. The molecule has 1 aromatic heterocycles. The lowest BCUT2D eigenvalue weighted by molar-refractivity contribution is -0.117. The summed E-state index contributed by atoms with van der Waals surface area (Å²) in [4.78, 5) is 23.1. The molecule has 2 aromatic rings. The van der Waals surface area contributed by atoms with Gasteiger partial charge in [0.05, 0.1) is 38.1 Å². The first-order chi connectivity index (χ1) is 14.6. The molecule has 4 rings (SSSR count). The van der Waals surface area contributed by atoms with Crippen molar-refractivity contribution in [3.63, 3.8) is 0 Å². The number of nitrogens with zero attached hydrogens (tertiary/aromatic N) is 5. The van der Waals surface area contributed by atoms with Gasteiger partial charge in [0.1, 0.15) is 5.84 Å². The maximum absolute atomic E-state index is 12.4. The van der Waals surface area contributed by atoms with Crippen molar-refractivity contribution < 1.29 is 4.79 Å². The standard InChI is InChI=1S/C22H29N7O/c1-15-10-20(27-22-13-24-6-7-25-22)19-11-17(4-5-21(19)29(15)16(2)30)18-12-26-28(14-18)9-8-23-3/h4-5,11-15,20,23H,6-10H2,1-3H3,(H,25,27)/t15-,20+/m0/s1. The molecule has 2 aliphatic rings. The van der Waals surface area contributed by atoms with Crippen LogP contribution in [-0.2, 0) is 11.3 Å². The van der Waals surface area contributed by atoms with E-state index in [1.807, 2.05) is 22.8 Å². The molecule has 0 spiro atoms. The van der Waals surface area contributed by atoms with E-state index in [0.29, 0.717) is 6.54 Å². The maximum atomic E-state index is 12.4. The molecule has 8 nitrogen and oxygen atoms in total. The molecule has 0 unspecified atom stereocenters. The van der Waals surface area contributed by atoms with Crippen LogP contribution in [0.25, 0.3) is 11.1 Å². The van der Waals surface area contributed by atoms with Crippen LogP contribution in [0.5, 0.6) is 0 Å². The molecule has 0 saturated carbocycles. The van der Waals surface area contributed by atoms with E-state index in [2.05, 4.69) is 57.0 Å². The van der Waals surface area contributed by atoms with Crippen LogP contribution in [0.1, 0.15) is 31.9 Å². The Bertz CT molecular complexity index is 978. The summed E-state index contributed by atoms with van der Waals surface area (Å²) in [6.45, 7) is 6.86. The van der Waals surface area contributed by atoms with Crippen LogP contribution in [0.2, 0.25) is 0 Å². The lowest BCUT2D eigenvalue weighted by atomic mass is 9.89. The number of carbonyl (C=O) groups excluding carboxylic acids is 1. The molecule has 0 saturated heterocycles.